The van der Waals surface area contributed by atoms with E-state index in [2.05, 4.69) is 31.9 Å². The Labute approximate surface area is 137 Å². The molecule has 1 saturated carbocycles. The lowest BCUT2D eigenvalue weighted by Crippen LogP contribution is -2.49. The minimum Gasteiger partial charge on any atom is -0.387 e. The minimum atomic E-state index is 0.388. The van der Waals surface area contributed by atoms with Crippen LogP contribution in [-0.2, 0) is 0 Å². The van der Waals surface area contributed by atoms with Crippen molar-refractivity contribution in [2.75, 3.05) is 32.7 Å². The van der Waals surface area contributed by atoms with Gasteiger partial charge in [-0.25, -0.2) is 4.99 Å². The molecule has 0 spiro atoms. The Morgan fingerprint density at radius 1 is 1.39 bits per heavy atom. The van der Waals surface area contributed by atoms with Gasteiger partial charge in [0, 0.05) is 43.9 Å². The van der Waals surface area contributed by atoms with Crippen LogP contribution >= 0.6 is 0 Å². The summed E-state index contributed by atoms with van der Waals surface area (Å²) in [6, 6.07) is 1.97. The smallest absolute Gasteiger partial charge is 0.175 e. The zero-order chi connectivity index (χ0) is 16.2. The zero-order valence-corrected chi connectivity index (χ0v) is 13.9. The van der Waals surface area contributed by atoms with Crippen LogP contribution in [0.25, 0.3) is 0 Å². The predicted molar refractivity (Wildman–Crippen MR) is 92.5 cm³/mol. The number of amidine groups is 2. The Kier molecular flexibility index (Phi) is 4.95. The predicted octanol–water partition coefficient (Wildman–Crippen LogP) is 1.67. The van der Waals surface area contributed by atoms with Gasteiger partial charge in [0.05, 0.1) is 6.42 Å². The van der Waals surface area contributed by atoms with Gasteiger partial charge in [-0.3, -0.25) is 15.4 Å². The number of nitrogens with zero attached hydrogens (tertiary/aromatic N) is 4. The van der Waals surface area contributed by atoms with Gasteiger partial charge >= 0.3 is 0 Å². The van der Waals surface area contributed by atoms with E-state index in [1.165, 1.54) is 19.3 Å². The van der Waals surface area contributed by atoms with Crippen molar-refractivity contribution in [3.8, 4) is 0 Å². The van der Waals surface area contributed by atoms with E-state index in [4.69, 9.17) is 11.1 Å². The van der Waals surface area contributed by atoms with Crippen molar-refractivity contribution in [3.63, 3.8) is 0 Å². The SMILES string of the molecule is CCCN1CCN(C(=N)CC(N)=Nc2cc(C3CC3)[nH]n2)CC1. The van der Waals surface area contributed by atoms with Crippen LogP contribution in [0.1, 0.15) is 44.2 Å². The molecule has 2 aliphatic rings. The lowest BCUT2D eigenvalue weighted by molar-refractivity contribution is 0.181. The number of hydrogen-bond donors (Lipinski definition) is 3. The molecule has 1 aromatic heterocycles. The van der Waals surface area contributed by atoms with Gasteiger partial charge in [-0.2, -0.15) is 5.10 Å². The summed E-state index contributed by atoms with van der Waals surface area (Å²) >= 11 is 0. The van der Waals surface area contributed by atoms with Crippen molar-refractivity contribution in [2.45, 2.75) is 38.5 Å². The Morgan fingerprint density at radius 3 is 2.78 bits per heavy atom. The molecule has 126 valence electrons. The van der Waals surface area contributed by atoms with Crippen LogP contribution < -0.4 is 5.73 Å². The third-order valence-corrected chi connectivity index (χ3v) is 4.50. The fourth-order valence-electron chi connectivity index (χ4n) is 3.01. The highest BCUT2D eigenvalue weighted by Crippen LogP contribution is 2.39. The van der Waals surface area contributed by atoms with Crippen molar-refractivity contribution in [3.05, 3.63) is 11.8 Å². The number of aromatic nitrogens is 2. The summed E-state index contributed by atoms with van der Waals surface area (Å²) in [7, 11) is 0. The average molecular weight is 317 g/mol. The van der Waals surface area contributed by atoms with Gasteiger partial charge in [0.2, 0.25) is 0 Å². The number of aromatic amines is 1. The van der Waals surface area contributed by atoms with Crippen molar-refractivity contribution in [2.24, 2.45) is 10.7 Å². The van der Waals surface area contributed by atoms with Crippen molar-refractivity contribution in [1.82, 2.24) is 20.0 Å². The monoisotopic (exact) mass is 317 g/mol. The van der Waals surface area contributed by atoms with E-state index in [0.29, 0.717) is 29.8 Å². The highest BCUT2D eigenvalue weighted by molar-refractivity contribution is 6.01. The second-order valence-corrected chi connectivity index (χ2v) is 6.51. The maximum atomic E-state index is 8.25. The third-order valence-electron chi connectivity index (χ3n) is 4.50. The topological polar surface area (TPSA) is 97.4 Å². The van der Waals surface area contributed by atoms with Crippen LogP contribution in [0, 0.1) is 5.41 Å². The summed E-state index contributed by atoms with van der Waals surface area (Å²) in [6.07, 6.45) is 4.04. The molecule has 7 heteroatoms. The highest BCUT2D eigenvalue weighted by Gasteiger charge is 2.25. The number of piperazine rings is 1. The van der Waals surface area contributed by atoms with Crippen LogP contribution in [0.3, 0.4) is 0 Å². The Bertz CT molecular complexity index is 565. The Morgan fingerprint density at radius 2 is 2.13 bits per heavy atom. The molecule has 0 unspecified atom stereocenters. The summed E-state index contributed by atoms with van der Waals surface area (Å²) < 4.78 is 0. The molecule has 1 aromatic rings. The summed E-state index contributed by atoms with van der Waals surface area (Å²) in [5.74, 6) is 2.27. The van der Waals surface area contributed by atoms with Gasteiger partial charge in [0.25, 0.3) is 0 Å². The molecule has 2 fully saturated rings. The molecule has 0 bridgehead atoms. The molecular weight excluding hydrogens is 290 g/mol. The van der Waals surface area contributed by atoms with E-state index < -0.39 is 0 Å². The maximum Gasteiger partial charge on any atom is 0.175 e. The molecular formula is C16H27N7. The number of hydrogen-bond acceptors (Lipinski definition) is 4. The minimum absolute atomic E-state index is 0.388. The van der Waals surface area contributed by atoms with Gasteiger partial charge in [-0.05, 0) is 25.8 Å². The van der Waals surface area contributed by atoms with Crippen LogP contribution in [0.15, 0.2) is 11.1 Å². The van der Waals surface area contributed by atoms with Crippen molar-refractivity contribution < 1.29 is 0 Å². The molecule has 1 saturated heterocycles. The molecule has 4 N–H and O–H groups in total. The average Bonchev–Trinajstić information content (AvgIpc) is 3.28. The van der Waals surface area contributed by atoms with Crippen LogP contribution in [-0.4, -0.2) is 64.4 Å². The maximum absolute atomic E-state index is 8.25. The molecule has 0 aromatic carbocycles. The molecule has 0 radical (unpaired) electrons. The summed E-state index contributed by atoms with van der Waals surface area (Å²) in [5, 5.41) is 15.5. The zero-order valence-electron chi connectivity index (χ0n) is 13.9. The molecule has 3 rings (SSSR count). The fourth-order valence-corrected chi connectivity index (χ4v) is 3.01. The van der Waals surface area contributed by atoms with E-state index in [1.807, 2.05) is 6.07 Å². The summed E-state index contributed by atoms with van der Waals surface area (Å²) in [5.41, 5.74) is 7.16. The first-order valence-corrected chi connectivity index (χ1v) is 8.58. The lowest BCUT2D eigenvalue weighted by atomic mass is 10.2. The van der Waals surface area contributed by atoms with Gasteiger partial charge in [-0.15, -0.1) is 0 Å². The quantitative estimate of drug-likeness (QED) is 0.549. The van der Waals surface area contributed by atoms with E-state index in [1.54, 1.807) is 0 Å². The van der Waals surface area contributed by atoms with E-state index in [9.17, 15) is 0 Å². The first kappa shape index (κ1) is 16.0. The molecule has 1 aliphatic heterocycles. The van der Waals surface area contributed by atoms with E-state index in [0.717, 1.165) is 38.4 Å². The summed E-state index contributed by atoms with van der Waals surface area (Å²) in [4.78, 5) is 8.90. The molecule has 0 atom stereocenters. The van der Waals surface area contributed by atoms with Crippen LogP contribution in [0.5, 0.6) is 0 Å². The van der Waals surface area contributed by atoms with Crippen LogP contribution in [0.2, 0.25) is 0 Å². The van der Waals surface area contributed by atoms with Gasteiger partial charge < -0.3 is 10.6 Å². The largest absolute Gasteiger partial charge is 0.387 e. The van der Waals surface area contributed by atoms with Crippen molar-refractivity contribution in [1.29, 1.82) is 5.41 Å². The fraction of sp³-hybridized carbons (Fsp3) is 0.688. The second kappa shape index (κ2) is 7.12. The van der Waals surface area contributed by atoms with Gasteiger partial charge in [0.1, 0.15) is 11.7 Å². The first-order valence-electron chi connectivity index (χ1n) is 8.58. The molecule has 2 heterocycles. The Hall–Kier alpha value is -1.89. The normalized spacial score (nSPS) is 20.0. The second-order valence-electron chi connectivity index (χ2n) is 6.51. The van der Waals surface area contributed by atoms with E-state index in [-0.39, 0.29) is 0 Å². The number of nitrogens with two attached hydrogens (primary N) is 1. The van der Waals surface area contributed by atoms with Gasteiger partial charge in [0.15, 0.2) is 5.82 Å². The molecule has 1 aliphatic carbocycles. The number of rotatable bonds is 6. The molecule has 23 heavy (non-hydrogen) atoms. The van der Waals surface area contributed by atoms with Crippen molar-refractivity contribution >= 4 is 17.5 Å². The molecule has 0 amide bonds. The van der Waals surface area contributed by atoms with E-state index >= 15 is 0 Å². The highest BCUT2D eigenvalue weighted by atomic mass is 15.3. The summed E-state index contributed by atoms with van der Waals surface area (Å²) in [6.45, 7) is 7.21. The first-order chi connectivity index (χ1) is 11.2. The number of H-pyrrole nitrogens is 1. The van der Waals surface area contributed by atoms with Crippen LogP contribution in [0.4, 0.5) is 5.82 Å². The lowest BCUT2D eigenvalue weighted by Gasteiger charge is -2.35. The number of nitrogens with one attached hydrogen (secondary N) is 2. The third kappa shape index (κ3) is 4.31. The number of aliphatic imine (C=N–C) groups is 1. The van der Waals surface area contributed by atoms with Gasteiger partial charge in [-0.1, -0.05) is 6.92 Å². The standard InChI is InChI=1S/C16H27N7/c1-2-5-22-6-8-23(9-7-22)15(18)11-14(17)19-16-10-13(20-21-16)12-3-4-12/h10,12,18H,2-9,11H2,1H3,(H3,17,19,20,21). The Balaban J connectivity index is 1.49. The molecule has 7 nitrogen and oxygen atoms in total.